The van der Waals surface area contributed by atoms with Crippen LogP contribution in [0.4, 0.5) is 0 Å². The van der Waals surface area contributed by atoms with E-state index in [-0.39, 0.29) is 11.9 Å². The van der Waals surface area contributed by atoms with Crippen LogP contribution < -0.4 is 5.32 Å². The number of hydrogen-bond donors (Lipinski definition) is 1. The van der Waals surface area contributed by atoms with Gasteiger partial charge in [-0.2, -0.15) is 0 Å². The van der Waals surface area contributed by atoms with Gasteiger partial charge in [0, 0.05) is 11.4 Å². The van der Waals surface area contributed by atoms with Gasteiger partial charge in [-0.3, -0.25) is 4.79 Å². The van der Waals surface area contributed by atoms with Crippen LogP contribution in [0, 0.1) is 6.92 Å². The number of nitrogens with one attached hydrogen (secondary N) is 1. The molecule has 16 heavy (non-hydrogen) atoms. The molecule has 0 bridgehead atoms. The highest BCUT2D eigenvalue weighted by atomic mass is 32.1. The third-order valence-corrected chi connectivity index (χ3v) is 3.85. The molecule has 5 heteroatoms. The average Bonchev–Trinajstić information content (AvgIpc) is 2.80. The quantitative estimate of drug-likeness (QED) is 0.857. The molecule has 1 aliphatic heterocycles. The van der Waals surface area contributed by atoms with Crippen molar-refractivity contribution >= 4 is 17.2 Å². The number of amides is 1. The summed E-state index contributed by atoms with van der Waals surface area (Å²) in [6.07, 6.45) is 0.921. The molecule has 1 N–H and O–H groups in total. The Bertz CT molecular complexity index is 377. The number of aryl methyl sites for hydroxylation is 1. The van der Waals surface area contributed by atoms with E-state index >= 15 is 0 Å². The fourth-order valence-corrected chi connectivity index (χ4v) is 2.77. The molecule has 2 heterocycles. The number of likely N-dealkylation sites (tertiary alicyclic amines) is 1. The number of thiazole rings is 1. The predicted octanol–water partition coefficient (Wildman–Crippen LogP) is 1.16. The Labute approximate surface area is 99.7 Å². The molecule has 0 radical (unpaired) electrons. The Kier molecular flexibility index (Phi) is 3.56. The summed E-state index contributed by atoms with van der Waals surface area (Å²) in [7, 11) is 0. The van der Waals surface area contributed by atoms with Crippen LogP contribution in [0.15, 0.2) is 5.51 Å². The largest absolute Gasteiger partial charge is 0.336 e. The molecule has 1 fully saturated rings. The third-order valence-electron chi connectivity index (χ3n) is 2.93. The van der Waals surface area contributed by atoms with Crippen molar-refractivity contribution in [3.05, 3.63) is 16.1 Å². The first kappa shape index (κ1) is 11.5. The highest BCUT2D eigenvalue weighted by Gasteiger charge is 2.31. The normalized spacial score (nSPS) is 20.8. The Morgan fingerprint density at radius 3 is 3.12 bits per heavy atom. The third kappa shape index (κ3) is 2.25. The van der Waals surface area contributed by atoms with Crippen LogP contribution >= 0.6 is 11.3 Å². The van der Waals surface area contributed by atoms with Crippen molar-refractivity contribution in [3.8, 4) is 0 Å². The first-order valence-corrected chi connectivity index (χ1v) is 6.51. The molecule has 0 aliphatic carbocycles. The first-order chi connectivity index (χ1) is 7.72. The van der Waals surface area contributed by atoms with E-state index in [0.29, 0.717) is 0 Å². The Morgan fingerprint density at radius 1 is 1.69 bits per heavy atom. The first-order valence-electron chi connectivity index (χ1n) is 5.63. The second kappa shape index (κ2) is 4.93. The number of aromatic nitrogens is 1. The summed E-state index contributed by atoms with van der Waals surface area (Å²) in [5.74, 6) is 0.231. The van der Waals surface area contributed by atoms with Gasteiger partial charge in [0.1, 0.15) is 0 Å². The highest BCUT2D eigenvalue weighted by molar-refractivity contribution is 7.09. The standard InChI is InChI=1S/C11H17N3OS/c1-3-12-9-4-5-14(11(9)15)6-10-8(2)13-7-16-10/h7,9,12H,3-6H2,1-2H3. The predicted molar refractivity (Wildman–Crippen MR) is 64.3 cm³/mol. The van der Waals surface area contributed by atoms with Gasteiger partial charge in [-0.1, -0.05) is 6.92 Å². The molecular formula is C11H17N3OS. The van der Waals surface area contributed by atoms with Gasteiger partial charge in [-0.05, 0) is 19.9 Å². The number of hydrogen-bond acceptors (Lipinski definition) is 4. The second-order valence-corrected chi connectivity index (χ2v) is 4.96. The summed E-state index contributed by atoms with van der Waals surface area (Å²) in [5, 5.41) is 3.21. The van der Waals surface area contributed by atoms with Crippen LogP contribution in [0.5, 0.6) is 0 Å². The molecule has 88 valence electrons. The van der Waals surface area contributed by atoms with Crippen molar-refractivity contribution in [1.82, 2.24) is 15.2 Å². The van der Waals surface area contributed by atoms with E-state index in [1.54, 1.807) is 11.3 Å². The maximum absolute atomic E-state index is 12.0. The number of nitrogens with zero attached hydrogens (tertiary/aromatic N) is 2. The van der Waals surface area contributed by atoms with E-state index in [1.807, 2.05) is 24.3 Å². The van der Waals surface area contributed by atoms with Crippen LogP contribution in [0.3, 0.4) is 0 Å². The van der Waals surface area contributed by atoms with Gasteiger partial charge in [-0.25, -0.2) is 4.98 Å². The van der Waals surface area contributed by atoms with Gasteiger partial charge in [0.15, 0.2) is 0 Å². The van der Waals surface area contributed by atoms with Crippen molar-refractivity contribution in [3.63, 3.8) is 0 Å². The van der Waals surface area contributed by atoms with Gasteiger partial charge in [0.2, 0.25) is 5.91 Å². The summed E-state index contributed by atoms with van der Waals surface area (Å²) in [6, 6.07) is 0.0261. The van der Waals surface area contributed by atoms with Crippen molar-refractivity contribution < 1.29 is 4.79 Å². The number of carbonyl (C=O) groups excluding carboxylic acids is 1. The Balaban J connectivity index is 1.97. The van der Waals surface area contributed by atoms with Crippen LogP contribution in [0.2, 0.25) is 0 Å². The molecule has 1 saturated heterocycles. The lowest BCUT2D eigenvalue weighted by Crippen LogP contribution is -2.37. The number of likely N-dealkylation sites (N-methyl/N-ethyl adjacent to an activating group) is 1. The molecule has 1 unspecified atom stereocenters. The van der Waals surface area contributed by atoms with Crippen LogP contribution in [0.25, 0.3) is 0 Å². The molecule has 0 saturated carbocycles. The molecule has 1 aromatic rings. The highest BCUT2D eigenvalue weighted by Crippen LogP contribution is 2.19. The summed E-state index contributed by atoms with van der Waals surface area (Å²) in [4.78, 5) is 19.3. The smallest absolute Gasteiger partial charge is 0.240 e. The maximum Gasteiger partial charge on any atom is 0.240 e. The molecule has 0 aromatic carbocycles. The summed E-state index contributed by atoms with van der Waals surface area (Å²) in [5.41, 5.74) is 2.89. The van der Waals surface area contributed by atoms with Crippen LogP contribution in [0.1, 0.15) is 23.9 Å². The van der Waals surface area contributed by atoms with Crippen LogP contribution in [-0.4, -0.2) is 34.9 Å². The lowest BCUT2D eigenvalue weighted by atomic mass is 10.2. The van der Waals surface area contributed by atoms with E-state index in [9.17, 15) is 4.79 Å². The molecular weight excluding hydrogens is 222 g/mol. The van der Waals surface area contributed by atoms with E-state index < -0.39 is 0 Å². The lowest BCUT2D eigenvalue weighted by Gasteiger charge is -2.16. The van der Waals surface area contributed by atoms with Crippen molar-refractivity contribution in [2.45, 2.75) is 32.9 Å². The zero-order chi connectivity index (χ0) is 11.5. The lowest BCUT2D eigenvalue weighted by molar-refractivity contribution is -0.129. The van der Waals surface area contributed by atoms with E-state index in [4.69, 9.17) is 0 Å². The molecule has 0 spiro atoms. The van der Waals surface area contributed by atoms with Crippen molar-refractivity contribution in [1.29, 1.82) is 0 Å². The summed E-state index contributed by atoms with van der Waals surface area (Å²) >= 11 is 1.63. The average molecular weight is 239 g/mol. The fraction of sp³-hybridized carbons (Fsp3) is 0.636. The van der Waals surface area contributed by atoms with Gasteiger partial charge in [-0.15, -0.1) is 11.3 Å². The Hall–Kier alpha value is -0.940. The second-order valence-electron chi connectivity index (χ2n) is 4.02. The molecule has 1 atom stereocenters. The fourth-order valence-electron chi connectivity index (χ4n) is 1.98. The van der Waals surface area contributed by atoms with Crippen LogP contribution in [-0.2, 0) is 11.3 Å². The topological polar surface area (TPSA) is 45.2 Å². The van der Waals surface area contributed by atoms with Gasteiger partial charge in [0.05, 0.1) is 23.8 Å². The monoisotopic (exact) mass is 239 g/mol. The van der Waals surface area contributed by atoms with Gasteiger partial charge >= 0.3 is 0 Å². The number of rotatable bonds is 4. The van der Waals surface area contributed by atoms with Crippen molar-refractivity contribution in [2.75, 3.05) is 13.1 Å². The van der Waals surface area contributed by atoms with Crippen molar-refractivity contribution in [2.24, 2.45) is 0 Å². The molecule has 1 aliphatic rings. The van der Waals surface area contributed by atoms with E-state index in [2.05, 4.69) is 10.3 Å². The minimum atomic E-state index is 0.0261. The minimum absolute atomic E-state index is 0.0261. The van der Waals surface area contributed by atoms with E-state index in [1.165, 1.54) is 4.88 Å². The summed E-state index contributed by atoms with van der Waals surface area (Å²) < 4.78 is 0. The molecule has 1 amide bonds. The molecule has 2 rings (SSSR count). The zero-order valence-corrected chi connectivity index (χ0v) is 10.5. The SMILES string of the molecule is CCNC1CCN(Cc2scnc2C)C1=O. The summed E-state index contributed by atoms with van der Waals surface area (Å²) in [6.45, 7) is 6.45. The number of carbonyl (C=O) groups is 1. The Morgan fingerprint density at radius 2 is 2.50 bits per heavy atom. The molecule has 1 aromatic heterocycles. The van der Waals surface area contributed by atoms with Gasteiger partial charge < -0.3 is 10.2 Å². The maximum atomic E-state index is 12.0. The molecule has 4 nitrogen and oxygen atoms in total. The zero-order valence-electron chi connectivity index (χ0n) is 9.69. The minimum Gasteiger partial charge on any atom is -0.336 e. The van der Waals surface area contributed by atoms with E-state index in [0.717, 1.165) is 31.7 Å². The van der Waals surface area contributed by atoms with Gasteiger partial charge in [0.25, 0.3) is 0 Å².